The van der Waals surface area contributed by atoms with Crippen molar-refractivity contribution in [3.63, 3.8) is 0 Å². The molecule has 7 nitrogen and oxygen atoms in total. The average molecular weight is 463 g/mol. The number of amides is 3. The van der Waals surface area contributed by atoms with E-state index in [0.717, 1.165) is 23.6 Å². The number of nitrogens with zero attached hydrogens (tertiary/aromatic N) is 2. The van der Waals surface area contributed by atoms with Gasteiger partial charge >= 0.3 is 0 Å². The van der Waals surface area contributed by atoms with Crippen molar-refractivity contribution in [2.24, 2.45) is 5.92 Å². The first-order valence-electron chi connectivity index (χ1n) is 11.0. The van der Waals surface area contributed by atoms with E-state index in [1.165, 1.54) is 4.90 Å². The Morgan fingerprint density at radius 2 is 1.94 bits per heavy atom. The normalized spacial score (nSPS) is 17.5. The first kappa shape index (κ1) is 21.4. The van der Waals surface area contributed by atoms with E-state index in [1.807, 2.05) is 24.3 Å². The van der Waals surface area contributed by atoms with Gasteiger partial charge in [-0.25, -0.2) is 0 Å². The van der Waals surface area contributed by atoms with Crippen LogP contribution in [0.15, 0.2) is 54.9 Å². The summed E-state index contributed by atoms with van der Waals surface area (Å²) in [6, 6.07) is 12.5. The summed E-state index contributed by atoms with van der Waals surface area (Å²) < 4.78 is 0. The smallest absolute Gasteiger partial charge is 0.254 e. The molecule has 8 heteroatoms. The summed E-state index contributed by atoms with van der Waals surface area (Å²) in [5.74, 6) is -0.912. The van der Waals surface area contributed by atoms with Gasteiger partial charge in [0.1, 0.15) is 0 Å². The largest absolute Gasteiger partial charge is 0.354 e. The van der Waals surface area contributed by atoms with Crippen LogP contribution in [-0.2, 0) is 9.59 Å². The summed E-state index contributed by atoms with van der Waals surface area (Å²) in [4.78, 5) is 44.6. The first-order valence-corrected chi connectivity index (χ1v) is 11.4. The number of benzene rings is 2. The Morgan fingerprint density at radius 3 is 2.76 bits per heavy atom. The molecule has 5 rings (SSSR count). The Hall–Kier alpha value is -3.45. The van der Waals surface area contributed by atoms with Crippen molar-refractivity contribution in [2.75, 3.05) is 25.0 Å². The van der Waals surface area contributed by atoms with E-state index in [0.29, 0.717) is 34.3 Å². The minimum atomic E-state index is -0.674. The molecule has 0 saturated heterocycles. The molecule has 33 heavy (non-hydrogen) atoms. The molecule has 3 aromatic rings. The number of hydrogen-bond donors (Lipinski definition) is 2. The van der Waals surface area contributed by atoms with Crippen LogP contribution in [0.4, 0.5) is 5.69 Å². The van der Waals surface area contributed by atoms with Crippen molar-refractivity contribution in [3.8, 4) is 0 Å². The Labute approximate surface area is 196 Å². The molecular weight excluding hydrogens is 440 g/mol. The second kappa shape index (κ2) is 8.83. The van der Waals surface area contributed by atoms with Gasteiger partial charge < -0.3 is 15.5 Å². The molecule has 2 aromatic carbocycles. The van der Waals surface area contributed by atoms with Crippen LogP contribution >= 0.6 is 11.6 Å². The van der Waals surface area contributed by atoms with Gasteiger partial charge in [-0.1, -0.05) is 35.9 Å². The zero-order valence-corrected chi connectivity index (χ0v) is 18.6. The van der Waals surface area contributed by atoms with E-state index in [1.54, 1.807) is 30.6 Å². The lowest BCUT2D eigenvalue weighted by atomic mass is 9.88. The lowest BCUT2D eigenvalue weighted by Crippen LogP contribution is -2.48. The summed E-state index contributed by atoms with van der Waals surface area (Å²) in [6.45, 7) is 0.630. The van der Waals surface area contributed by atoms with Gasteiger partial charge in [-0.05, 0) is 42.5 Å². The highest BCUT2D eigenvalue weighted by atomic mass is 35.5. The van der Waals surface area contributed by atoms with Gasteiger partial charge in [0.2, 0.25) is 11.8 Å². The molecule has 1 atom stereocenters. The fourth-order valence-corrected chi connectivity index (χ4v) is 4.38. The van der Waals surface area contributed by atoms with Crippen LogP contribution in [0.1, 0.15) is 34.7 Å². The van der Waals surface area contributed by atoms with E-state index < -0.39 is 5.92 Å². The molecule has 168 valence electrons. The maximum Gasteiger partial charge on any atom is 0.254 e. The summed E-state index contributed by atoms with van der Waals surface area (Å²) >= 11 is 6.20. The van der Waals surface area contributed by atoms with Crippen molar-refractivity contribution in [1.82, 2.24) is 15.2 Å². The van der Waals surface area contributed by atoms with Crippen LogP contribution in [0.5, 0.6) is 0 Å². The van der Waals surface area contributed by atoms with Crippen LogP contribution in [0.3, 0.4) is 0 Å². The molecule has 2 aliphatic rings. The SMILES string of the molecule is O=C(CN1CC(C(=O)Nc2cncc3ccccc23)c2cc(Cl)ccc2C1=O)NCC1CC1. The summed E-state index contributed by atoms with van der Waals surface area (Å²) in [5.41, 5.74) is 1.54. The van der Waals surface area contributed by atoms with Crippen molar-refractivity contribution in [2.45, 2.75) is 18.8 Å². The van der Waals surface area contributed by atoms with Crippen molar-refractivity contribution < 1.29 is 14.4 Å². The predicted molar refractivity (Wildman–Crippen MR) is 126 cm³/mol. The lowest BCUT2D eigenvalue weighted by Gasteiger charge is -2.33. The molecule has 1 saturated carbocycles. The van der Waals surface area contributed by atoms with Gasteiger partial charge in [0.15, 0.2) is 0 Å². The fourth-order valence-electron chi connectivity index (χ4n) is 4.19. The summed E-state index contributed by atoms with van der Waals surface area (Å²) in [7, 11) is 0. The van der Waals surface area contributed by atoms with Gasteiger partial charge in [0, 0.05) is 40.6 Å². The molecule has 1 aliphatic heterocycles. The third-order valence-corrected chi connectivity index (χ3v) is 6.41. The molecule has 2 N–H and O–H groups in total. The highest BCUT2D eigenvalue weighted by Gasteiger charge is 2.36. The molecule has 1 unspecified atom stereocenters. The molecular formula is C25H23ClN4O3. The second-order valence-corrected chi connectivity index (χ2v) is 9.05. The zero-order valence-electron chi connectivity index (χ0n) is 17.9. The zero-order chi connectivity index (χ0) is 22.9. The van der Waals surface area contributed by atoms with Gasteiger partial charge in [-0.15, -0.1) is 0 Å². The van der Waals surface area contributed by atoms with Crippen molar-refractivity contribution in [1.29, 1.82) is 0 Å². The van der Waals surface area contributed by atoms with Gasteiger partial charge in [-0.3, -0.25) is 19.4 Å². The molecule has 0 radical (unpaired) electrons. The van der Waals surface area contributed by atoms with Gasteiger partial charge in [0.25, 0.3) is 5.91 Å². The molecule has 1 aliphatic carbocycles. The van der Waals surface area contributed by atoms with E-state index in [9.17, 15) is 14.4 Å². The molecule has 0 bridgehead atoms. The quantitative estimate of drug-likeness (QED) is 0.585. The third kappa shape index (κ3) is 4.54. The topological polar surface area (TPSA) is 91.4 Å². The summed E-state index contributed by atoms with van der Waals surface area (Å²) in [6.07, 6.45) is 5.60. The van der Waals surface area contributed by atoms with Crippen molar-refractivity contribution >= 4 is 45.8 Å². The Balaban J connectivity index is 1.41. The van der Waals surface area contributed by atoms with E-state index in [-0.39, 0.29) is 30.8 Å². The van der Waals surface area contributed by atoms with Crippen LogP contribution in [0.25, 0.3) is 10.8 Å². The second-order valence-electron chi connectivity index (χ2n) is 8.61. The maximum absolute atomic E-state index is 13.4. The first-order chi connectivity index (χ1) is 16.0. The van der Waals surface area contributed by atoms with Crippen LogP contribution in [-0.4, -0.2) is 47.2 Å². The predicted octanol–water partition coefficient (Wildman–Crippen LogP) is 3.59. The third-order valence-electron chi connectivity index (χ3n) is 6.17. The Morgan fingerprint density at radius 1 is 1.12 bits per heavy atom. The van der Waals surface area contributed by atoms with E-state index in [2.05, 4.69) is 15.6 Å². The number of halogens is 1. The lowest BCUT2D eigenvalue weighted by molar-refractivity contribution is -0.123. The number of anilines is 1. The van der Waals surface area contributed by atoms with E-state index in [4.69, 9.17) is 11.6 Å². The molecule has 2 heterocycles. The molecule has 0 spiro atoms. The standard InChI is InChI=1S/C25H23ClN4O3/c26-17-7-8-19-20(9-17)21(13-30(25(19)33)14-23(31)28-10-15-5-6-15)24(32)29-22-12-27-11-16-3-1-2-4-18(16)22/h1-4,7-9,11-12,15,21H,5-6,10,13-14H2,(H,28,31)(H,29,32). The number of carbonyl (C=O) groups is 3. The minimum absolute atomic E-state index is 0.0901. The molecule has 3 amide bonds. The minimum Gasteiger partial charge on any atom is -0.354 e. The fraction of sp³-hybridized carbons (Fsp3) is 0.280. The molecule has 1 aromatic heterocycles. The number of aromatic nitrogens is 1. The average Bonchev–Trinajstić information content (AvgIpc) is 3.64. The van der Waals surface area contributed by atoms with Gasteiger partial charge in [-0.2, -0.15) is 0 Å². The Kier molecular flexibility index (Phi) is 5.72. The number of pyridine rings is 1. The van der Waals surface area contributed by atoms with Gasteiger partial charge in [0.05, 0.1) is 24.3 Å². The monoisotopic (exact) mass is 462 g/mol. The number of rotatable bonds is 6. The maximum atomic E-state index is 13.4. The Bertz CT molecular complexity index is 1250. The van der Waals surface area contributed by atoms with Crippen LogP contribution in [0, 0.1) is 5.92 Å². The molecule has 1 fully saturated rings. The van der Waals surface area contributed by atoms with Crippen LogP contribution in [0.2, 0.25) is 5.02 Å². The number of fused-ring (bicyclic) bond motifs is 2. The number of carbonyl (C=O) groups excluding carboxylic acids is 3. The van der Waals surface area contributed by atoms with E-state index >= 15 is 0 Å². The number of nitrogens with one attached hydrogen (secondary N) is 2. The number of hydrogen-bond acceptors (Lipinski definition) is 4. The van der Waals surface area contributed by atoms with Crippen molar-refractivity contribution in [3.05, 3.63) is 71.0 Å². The van der Waals surface area contributed by atoms with Crippen LogP contribution < -0.4 is 10.6 Å². The summed E-state index contributed by atoms with van der Waals surface area (Å²) in [5, 5.41) is 8.08. The highest BCUT2D eigenvalue weighted by Crippen LogP contribution is 2.32. The highest BCUT2D eigenvalue weighted by molar-refractivity contribution is 6.30.